The van der Waals surface area contributed by atoms with Crippen molar-refractivity contribution in [3.63, 3.8) is 0 Å². The molecule has 1 aromatic rings. The molecule has 1 aromatic heterocycles. The molecule has 2 bridgehead atoms. The van der Waals surface area contributed by atoms with Gasteiger partial charge in [-0.15, -0.1) is 0 Å². The lowest BCUT2D eigenvalue weighted by Crippen LogP contribution is -2.79. The lowest BCUT2D eigenvalue weighted by molar-refractivity contribution is -0.373. The molecule has 12 atom stereocenters. The maximum absolute atomic E-state index is 14.4. The fourth-order valence-corrected chi connectivity index (χ4v) is 10.4. The molecule has 4 aliphatic carbocycles. The van der Waals surface area contributed by atoms with E-state index in [-0.39, 0.29) is 49.8 Å². The Kier molecular flexibility index (Phi) is 5.66. The van der Waals surface area contributed by atoms with Crippen LogP contribution in [0.3, 0.4) is 0 Å². The summed E-state index contributed by atoms with van der Waals surface area (Å²) in [7, 11) is 1.52. The van der Waals surface area contributed by atoms with E-state index in [9.17, 15) is 24.6 Å². The summed E-state index contributed by atoms with van der Waals surface area (Å²) >= 11 is 0. The second-order valence-corrected chi connectivity index (χ2v) is 13.2. The molecule has 0 aromatic carbocycles. The van der Waals surface area contributed by atoms with Crippen molar-refractivity contribution >= 4 is 17.5 Å². The zero-order chi connectivity index (χ0) is 27.4. The Hall–Kier alpha value is -2.07. The van der Waals surface area contributed by atoms with Gasteiger partial charge in [-0.05, 0) is 29.4 Å². The zero-order valence-electron chi connectivity index (χ0n) is 22.6. The third-order valence-electron chi connectivity index (χ3n) is 11.6. The number of ketones is 2. The fraction of sp³-hybridized carbons (Fsp3) is 0.759. The van der Waals surface area contributed by atoms with E-state index in [4.69, 9.17) is 18.6 Å². The fourth-order valence-electron chi connectivity index (χ4n) is 10.4. The number of aliphatic hydroxyl groups excluding tert-OH is 2. The van der Waals surface area contributed by atoms with Crippen molar-refractivity contribution < 1.29 is 43.2 Å². The van der Waals surface area contributed by atoms with Gasteiger partial charge in [0, 0.05) is 61.9 Å². The second kappa shape index (κ2) is 8.22. The van der Waals surface area contributed by atoms with Gasteiger partial charge in [-0.25, -0.2) is 0 Å². The van der Waals surface area contributed by atoms with Gasteiger partial charge in [0.1, 0.15) is 17.7 Å². The molecule has 4 saturated carbocycles. The number of carbonyl (C=O) groups excluding carboxylic acids is 3. The molecule has 0 amide bonds. The highest BCUT2D eigenvalue weighted by Crippen LogP contribution is 2.75. The van der Waals surface area contributed by atoms with Crippen LogP contribution in [0, 0.1) is 39.4 Å². The van der Waals surface area contributed by atoms with Crippen LogP contribution in [0.1, 0.15) is 64.9 Å². The highest BCUT2D eigenvalue weighted by Gasteiger charge is 2.80. The quantitative estimate of drug-likeness (QED) is 0.566. The first-order valence-corrected chi connectivity index (χ1v) is 13.6. The van der Waals surface area contributed by atoms with Gasteiger partial charge in [0.05, 0.1) is 36.8 Å². The largest absolute Gasteiger partial charge is 0.472 e. The minimum Gasteiger partial charge on any atom is -0.472 e. The lowest BCUT2D eigenvalue weighted by atomic mass is 9.34. The molecule has 5 aliphatic rings. The van der Waals surface area contributed by atoms with Crippen LogP contribution in [0.5, 0.6) is 0 Å². The van der Waals surface area contributed by atoms with Crippen LogP contribution in [0.15, 0.2) is 23.0 Å². The van der Waals surface area contributed by atoms with Gasteiger partial charge in [-0.3, -0.25) is 14.4 Å². The topological polar surface area (TPSA) is 133 Å². The monoisotopic (exact) mass is 530 g/mol. The van der Waals surface area contributed by atoms with Gasteiger partial charge < -0.3 is 28.8 Å². The Labute approximate surface area is 222 Å². The van der Waals surface area contributed by atoms with E-state index < -0.39 is 70.0 Å². The number of Topliss-reactive ketones (excluding diaryl/α,β-unsaturated/α-hetero) is 2. The Morgan fingerprint density at radius 3 is 2.42 bits per heavy atom. The van der Waals surface area contributed by atoms with Gasteiger partial charge in [-0.1, -0.05) is 20.8 Å². The molecule has 2 heterocycles. The standard InChI is InChI=1S/C29H38O9/c1-14(30)38-22-10-21(34)29-13-37-25(35-5)27(22,3)19(29)9-20(33)28(4)23-17(31)8-16(15-6-7-36-12-15)26(23,2)11-18(32)24(28)29/h6-7,12,16,19-25,33-34H,8-11,13H2,1-5H3. The van der Waals surface area contributed by atoms with Crippen molar-refractivity contribution in [2.45, 2.75) is 83.9 Å². The number of hydrogen-bond donors (Lipinski definition) is 2. The number of aliphatic hydroxyl groups is 2. The van der Waals surface area contributed by atoms with E-state index in [1.165, 1.54) is 14.0 Å². The molecule has 208 valence electrons. The van der Waals surface area contributed by atoms with Crippen molar-refractivity contribution in [2.75, 3.05) is 13.7 Å². The van der Waals surface area contributed by atoms with E-state index in [2.05, 4.69) is 0 Å². The van der Waals surface area contributed by atoms with Gasteiger partial charge in [0.25, 0.3) is 0 Å². The molecule has 12 unspecified atom stereocenters. The molecular weight excluding hydrogens is 492 g/mol. The zero-order valence-corrected chi connectivity index (χ0v) is 22.6. The molecule has 0 spiro atoms. The Morgan fingerprint density at radius 1 is 1.05 bits per heavy atom. The number of carbonyl (C=O) groups is 3. The summed E-state index contributed by atoms with van der Waals surface area (Å²) in [5, 5.41) is 23.9. The summed E-state index contributed by atoms with van der Waals surface area (Å²) in [6.45, 7) is 7.15. The number of furan rings is 1. The Balaban J connectivity index is 1.50. The van der Waals surface area contributed by atoms with Crippen molar-refractivity contribution in [2.24, 2.45) is 39.4 Å². The van der Waals surface area contributed by atoms with Crippen molar-refractivity contribution in [1.82, 2.24) is 0 Å². The summed E-state index contributed by atoms with van der Waals surface area (Å²) in [6, 6.07) is 1.85. The number of fused-ring (bicyclic) bond motifs is 3. The molecule has 9 nitrogen and oxygen atoms in total. The van der Waals surface area contributed by atoms with Gasteiger partial charge >= 0.3 is 5.97 Å². The molecule has 6 rings (SSSR count). The minimum absolute atomic E-state index is 0.0324. The first kappa shape index (κ1) is 26.2. The van der Waals surface area contributed by atoms with Crippen molar-refractivity contribution in [1.29, 1.82) is 0 Å². The number of hydrogen-bond acceptors (Lipinski definition) is 9. The molecule has 0 radical (unpaired) electrons. The van der Waals surface area contributed by atoms with E-state index in [0.29, 0.717) is 0 Å². The highest BCUT2D eigenvalue weighted by molar-refractivity contribution is 5.94. The van der Waals surface area contributed by atoms with Crippen LogP contribution >= 0.6 is 0 Å². The van der Waals surface area contributed by atoms with Crippen LogP contribution in [-0.4, -0.2) is 66.1 Å². The Bertz CT molecular complexity index is 1160. The van der Waals surface area contributed by atoms with Gasteiger partial charge in [-0.2, -0.15) is 0 Å². The predicted molar refractivity (Wildman–Crippen MR) is 131 cm³/mol. The van der Waals surface area contributed by atoms with Crippen LogP contribution in [0.4, 0.5) is 0 Å². The number of ether oxygens (including phenoxy) is 3. The first-order chi connectivity index (χ1) is 17.9. The van der Waals surface area contributed by atoms with Crippen LogP contribution in [0.2, 0.25) is 0 Å². The third kappa shape index (κ3) is 2.94. The smallest absolute Gasteiger partial charge is 0.302 e. The van der Waals surface area contributed by atoms with Crippen LogP contribution < -0.4 is 0 Å². The highest BCUT2D eigenvalue weighted by atomic mass is 16.7. The summed E-state index contributed by atoms with van der Waals surface area (Å²) in [5.41, 5.74) is -2.88. The predicted octanol–water partition coefficient (Wildman–Crippen LogP) is 2.63. The summed E-state index contributed by atoms with van der Waals surface area (Å²) in [6.07, 6.45) is 0.496. The van der Waals surface area contributed by atoms with Crippen molar-refractivity contribution in [3.05, 3.63) is 24.2 Å². The average molecular weight is 531 g/mol. The minimum atomic E-state index is -1.10. The average Bonchev–Trinajstić information content (AvgIpc) is 3.44. The summed E-state index contributed by atoms with van der Waals surface area (Å²) in [5.74, 6) is -2.53. The summed E-state index contributed by atoms with van der Waals surface area (Å²) in [4.78, 5) is 40.3. The van der Waals surface area contributed by atoms with Gasteiger partial charge in [0.15, 0.2) is 6.29 Å². The number of rotatable bonds is 3. The molecular formula is C29H38O9. The molecule has 38 heavy (non-hydrogen) atoms. The SMILES string of the molecule is COC1OCC23C(O)CC(OC(C)=O)C1(C)C2CC(O)C1(C)C2C(=O)CC(c4ccoc4)C2(C)CC(=O)C13. The van der Waals surface area contributed by atoms with Crippen LogP contribution in [-0.2, 0) is 28.6 Å². The third-order valence-corrected chi connectivity index (χ3v) is 11.6. The molecule has 1 aliphatic heterocycles. The Morgan fingerprint density at radius 2 is 1.79 bits per heavy atom. The maximum atomic E-state index is 14.4. The number of esters is 1. The van der Waals surface area contributed by atoms with E-state index in [0.717, 1.165) is 5.56 Å². The number of methoxy groups -OCH3 is 1. The molecule has 5 fully saturated rings. The van der Waals surface area contributed by atoms with E-state index in [1.54, 1.807) is 12.5 Å². The molecule has 9 heteroatoms. The molecule has 2 N–H and O–H groups in total. The lowest BCUT2D eigenvalue weighted by Gasteiger charge is -2.72. The van der Waals surface area contributed by atoms with Crippen molar-refractivity contribution in [3.8, 4) is 0 Å². The van der Waals surface area contributed by atoms with E-state index >= 15 is 0 Å². The second-order valence-electron chi connectivity index (χ2n) is 13.2. The maximum Gasteiger partial charge on any atom is 0.302 e. The first-order valence-electron chi connectivity index (χ1n) is 13.6. The molecule has 1 saturated heterocycles. The summed E-state index contributed by atoms with van der Waals surface area (Å²) < 4.78 is 23.0. The van der Waals surface area contributed by atoms with Crippen LogP contribution in [0.25, 0.3) is 0 Å². The van der Waals surface area contributed by atoms with E-state index in [1.807, 2.05) is 26.8 Å². The normalized spacial score (nSPS) is 51.7. The van der Waals surface area contributed by atoms with Gasteiger partial charge in [0.2, 0.25) is 0 Å².